The number of tetrazole rings is 1. The fourth-order valence-corrected chi connectivity index (χ4v) is 5.15. The molecule has 39 heavy (non-hydrogen) atoms. The molecule has 4 aromatic carbocycles. The lowest BCUT2D eigenvalue weighted by Gasteiger charge is -2.34. The van der Waals surface area contributed by atoms with Crippen LogP contribution in [0.2, 0.25) is 0 Å². The zero-order chi connectivity index (χ0) is 26.7. The average Bonchev–Trinajstić information content (AvgIpc) is 3.49. The van der Waals surface area contributed by atoms with Crippen molar-refractivity contribution in [2.75, 3.05) is 0 Å². The maximum absolute atomic E-state index is 12.9. The summed E-state index contributed by atoms with van der Waals surface area (Å²) in [5, 5.41) is 14.5. The van der Waals surface area contributed by atoms with Crippen molar-refractivity contribution in [3.8, 4) is 11.4 Å². The van der Waals surface area contributed by atoms with Gasteiger partial charge in [0.1, 0.15) is 5.82 Å². The van der Waals surface area contributed by atoms with Crippen LogP contribution < -0.4 is 5.56 Å². The molecule has 0 aliphatic heterocycles. The summed E-state index contributed by atoms with van der Waals surface area (Å²) in [6.07, 6.45) is 2.77. The first-order chi connectivity index (χ1) is 19.2. The Morgan fingerprint density at radius 2 is 1.38 bits per heavy atom. The Balaban J connectivity index is 1.52. The molecular weight excluding hydrogens is 484 g/mol. The largest absolute Gasteiger partial charge is 0.310 e. The molecule has 1 N–H and O–H groups in total. The molecule has 2 heterocycles. The second kappa shape index (κ2) is 10.5. The van der Waals surface area contributed by atoms with E-state index < -0.39 is 5.54 Å². The van der Waals surface area contributed by atoms with Crippen molar-refractivity contribution in [1.82, 2.24) is 30.2 Å². The van der Waals surface area contributed by atoms with Crippen molar-refractivity contribution in [2.24, 2.45) is 0 Å². The lowest BCUT2D eigenvalue weighted by Crippen LogP contribution is -2.39. The van der Waals surface area contributed by atoms with Crippen molar-refractivity contribution >= 4 is 10.9 Å². The summed E-state index contributed by atoms with van der Waals surface area (Å²) in [4.78, 5) is 22.2. The van der Waals surface area contributed by atoms with Gasteiger partial charge in [0.25, 0.3) is 5.56 Å². The van der Waals surface area contributed by atoms with E-state index in [0.29, 0.717) is 28.1 Å². The van der Waals surface area contributed by atoms with Gasteiger partial charge in [0.05, 0.1) is 10.9 Å². The summed E-state index contributed by atoms with van der Waals surface area (Å²) in [5.41, 5.74) is 3.35. The van der Waals surface area contributed by atoms with Gasteiger partial charge >= 0.3 is 0 Å². The lowest BCUT2D eigenvalue weighted by molar-refractivity contribution is 0.396. The molecule has 0 saturated carbocycles. The second-order valence-electron chi connectivity index (χ2n) is 9.56. The third kappa shape index (κ3) is 4.42. The van der Waals surface area contributed by atoms with Gasteiger partial charge in [-0.15, -0.1) is 15.0 Å². The maximum atomic E-state index is 12.9. The van der Waals surface area contributed by atoms with E-state index in [1.807, 2.05) is 66.7 Å². The van der Waals surface area contributed by atoms with Gasteiger partial charge in [-0.2, -0.15) is 0 Å². The van der Waals surface area contributed by atoms with Gasteiger partial charge in [-0.25, -0.2) is 4.98 Å². The Morgan fingerprint density at radius 3 is 1.95 bits per heavy atom. The highest BCUT2D eigenvalue weighted by Crippen LogP contribution is 2.39. The molecule has 0 spiro atoms. The van der Waals surface area contributed by atoms with Crippen LogP contribution in [0.3, 0.4) is 0 Å². The van der Waals surface area contributed by atoms with Crippen LogP contribution in [0.25, 0.3) is 22.3 Å². The molecule has 0 unspecified atom stereocenters. The topological polar surface area (TPSA) is 89.3 Å². The highest BCUT2D eigenvalue weighted by molar-refractivity contribution is 5.82. The predicted molar refractivity (Wildman–Crippen MR) is 152 cm³/mol. The molecule has 6 rings (SSSR count). The zero-order valence-electron chi connectivity index (χ0n) is 21.7. The first kappa shape index (κ1) is 24.4. The van der Waals surface area contributed by atoms with Crippen molar-refractivity contribution < 1.29 is 0 Å². The summed E-state index contributed by atoms with van der Waals surface area (Å²) in [7, 11) is 0. The number of aromatic nitrogens is 6. The minimum atomic E-state index is -0.862. The van der Waals surface area contributed by atoms with E-state index in [1.54, 1.807) is 10.9 Å². The molecule has 7 heteroatoms. The summed E-state index contributed by atoms with van der Waals surface area (Å²) < 4.78 is 0. The molecule has 6 aromatic rings. The molecule has 192 valence electrons. The Bertz CT molecular complexity index is 1660. The van der Waals surface area contributed by atoms with E-state index >= 15 is 0 Å². The molecule has 0 aliphatic carbocycles. The van der Waals surface area contributed by atoms with Gasteiger partial charge in [0, 0.05) is 12.0 Å². The fourth-order valence-electron chi connectivity index (χ4n) is 5.15. The molecular formula is C32H28N6O. The van der Waals surface area contributed by atoms with Crippen LogP contribution in [0.4, 0.5) is 0 Å². The lowest BCUT2D eigenvalue weighted by atomic mass is 9.77. The third-order valence-electron chi connectivity index (χ3n) is 7.07. The number of hydrogen-bond donors (Lipinski definition) is 1. The second-order valence-corrected chi connectivity index (χ2v) is 9.56. The first-order valence-electron chi connectivity index (χ1n) is 13.2. The molecule has 0 atom stereocenters. The van der Waals surface area contributed by atoms with Crippen molar-refractivity contribution in [3.05, 3.63) is 142 Å². The van der Waals surface area contributed by atoms with E-state index in [-0.39, 0.29) is 5.56 Å². The number of fused-ring (bicyclic) bond motifs is 1. The Hall–Kier alpha value is -4.91. The number of H-pyrrole nitrogens is 1. The molecule has 0 radical (unpaired) electrons. The SMILES string of the molecule is CCCCc1nc2ccc(-c3nnn(C(c4ccccc4)(c4ccccc4)c4ccccc4)n3)cc2c(=O)[nH]1. The number of benzene rings is 4. The smallest absolute Gasteiger partial charge is 0.258 e. The Labute approximate surface area is 226 Å². The maximum Gasteiger partial charge on any atom is 0.258 e. The predicted octanol–water partition coefficient (Wildman–Crippen LogP) is 5.76. The minimum absolute atomic E-state index is 0.160. The molecule has 0 fully saturated rings. The van der Waals surface area contributed by atoms with Crippen LogP contribution >= 0.6 is 0 Å². The van der Waals surface area contributed by atoms with Crippen LogP contribution in [0.15, 0.2) is 114 Å². The summed E-state index contributed by atoms with van der Waals surface area (Å²) in [6.45, 7) is 2.12. The first-order valence-corrected chi connectivity index (χ1v) is 13.2. The number of unbranched alkanes of at least 4 members (excludes halogenated alkanes) is 1. The van der Waals surface area contributed by atoms with Gasteiger partial charge in [-0.3, -0.25) is 4.79 Å². The summed E-state index contributed by atoms with van der Waals surface area (Å²) in [5.74, 6) is 1.14. The van der Waals surface area contributed by atoms with Crippen LogP contribution in [0.1, 0.15) is 42.3 Å². The molecule has 7 nitrogen and oxygen atoms in total. The van der Waals surface area contributed by atoms with Gasteiger partial charge in [-0.1, -0.05) is 104 Å². The molecule has 0 aliphatic rings. The average molecular weight is 513 g/mol. The van der Waals surface area contributed by atoms with Crippen molar-refractivity contribution in [1.29, 1.82) is 0 Å². The Kier molecular flexibility index (Phi) is 6.55. The quantitative estimate of drug-likeness (QED) is 0.262. The van der Waals surface area contributed by atoms with Crippen LogP contribution in [-0.2, 0) is 12.0 Å². The molecule has 0 saturated heterocycles. The highest BCUT2D eigenvalue weighted by atomic mass is 16.1. The standard InChI is InChI=1S/C32H28N6O/c1-2-3-19-29-33-28-21-20-23(22-27(28)31(39)34-29)30-35-37-38(36-30)32(24-13-7-4-8-14-24,25-15-9-5-10-16-25)26-17-11-6-12-18-26/h4-18,20-22H,2-3,19H2,1H3,(H,33,34,39). The molecule has 0 amide bonds. The van der Waals surface area contributed by atoms with Crippen LogP contribution in [0, 0.1) is 0 Å². The van der Waals surface area contributed by atoms with E-state index in [0.717, 1.165) is 36.0 Å². The number of nitrogens with zero attached hydrogens (tertiary/aromatic N) is 5. The molecule has 2 aromatic heterocycles. The fraction of sp³-hybridized carbons (Fsp3) is 0.156. The van der Waals surface area contributed by atoms with E-state index in [9.17, 15) is 4.79 Å². The van der Waals surface area contributed by atoms with Crippen LogP contribution in [0.5, 0.6) is 0 Å². The number of nitrogens with one attached hydrogen (secondary N) is 1. The third-order valence-corrected chi connectivity index (χ3v) is 7.07. The normalized spacial score (nSPS) is 11.6. The van der Waals surface area contributed by atoms with Crippen LogP contribution in [-0.4, -0.2) is 30.2 Å². The van der Waals surface area contributed by atoms with E-state index in [1.165, 1.54) is 0 Å². The zero-order valence-corrected chi connectivity index (χ0v) is 21.7. The van der Waals surface area contributed by atoms with Gasteiger partial charge in [0.2, 0.25) is 5.82 Å². The summed E-state index contributed by atoms with van der Waals surface area (Å²) in [6, 6.07) is 36.2. The van der Waals surface area contributed by atoms with E-state index in [4.69, 9.17) is 5.10 Å². The van der Waals surface area contributed by atoms with E-state index in [2.05, 4.69) is 63.6 Å². The highest BCUT2D eigenvalue weighted by Gasteiger charge is 2.41. The van der Waals surface area contributed by atoms with Gasteiger partial charge < -0.3 is 4.98 Å². The van der Waals surface area contributed by atoms with Crippen molar-refractivity contribution in [2.45, 2.75) is 31.7 Å². The molecule has 0 bridgehead atoms. The minimum Gasteiger partial charge on any atom is -0.310 e. The van der Waals surface area contributed by atoms with Gasteiger partial charge in [0.15, 0.2) is 5.54 Å². The number of aryl methyl sites for hydroxylation is 1. The van der Waals surface area contributed by atoms with Gasteiger partial charge in [-0.05, 0) is 46.5 Å². The Morgan fingerprint density at radius 1 is 0.795 bits per heavy atom. The summed E-state index contributed by atoms with van der Waals surface area (Å²) >= 11 is 0. The monoisotopic (exact) mass is 512 g/mol. The number of hydrogen-bond acceptors (Lipinski definition) is 5. The number of rotatable bonds is 8. The number of aromatic amines is 1. The van der Waals surface area contributed by atoms with Crippen molar-refractivity contribution in [3.63, 3.8) is 0 Å².